The van der Waals surface area contributed by atoms with Gasteiger partial charge in [0.05, 0.1) is 12.3 Å². The molecule has 0 saturated carbocycles. The Bertz CT molecular complexity index is 548. The van der Waals surface area contributed by atoms with E-state index < -0.39 is 0 Å². The first-order chi connectivity index (χ1) is 12.0. The molecule has 6 heteroatoms. The molecule has 0 unspecified atom stereocenters. The highest BCUT2D eigenvalue weighted by Gasteiger charge is 2.22. The highest BCUT2D eigenvalue weighted by molar-refractivity contribution is 5.75. The molecule has 1 N–H and O–H groups in total. The van der Waals surface area contributed by atoms with E-state index in [1.165, 1.54) is 24.1 Å². The highest BCUT2D eigenvalue weighted by Crippen LogP contribution is 2.24. The SMILES string of the molecule is CCn1nc(C)c(CN2CCC(CCC(=O)NCCOC)CC2)c1C. The van der Waals surface area contributed by atoms with Gasteiger partial charge in [0, 0.05) is 44.4 Å². The summed E-state index contributed by atoms with van der Waals surface area (Å²) in [6.45, 7) is 11.8. The third-order valence-corrected chi connectivity index (χ3v) is 5.33. The molecule has 2 rings (SSSR count). The molecule has 0 aromatic carbocycles. The average Bonchev–Trinajstić information content (AvgIpc) is 2.89. The number of nitrogens with one attached hydrogen (secondary N) is 1. The number of nitrogens with zero attached hydrogens (tertiary/aromatic N) is 3. The van der Waals surface area contributed by atoms with Crippen LogP contribution in [-0.2, 0) is 22.6 Å². The van der Waals surface area contributed by atoms with E-state index in [1.54, 1.807) is 7.11 Å². The Balaban J connectivity index is 1.71. The van der Waals surface area contributed by atoms with Crippen molar-refractivity contribution in [3.63, 3.8) is 0 Å². The predicted octanol–water partition coefficient (Wildman–Crippen LogP) is 2.27. The van der Waals surface area contributed by atoms with Crippen molar-refractivity contribution in [1.29, 1.82) is 0 Å². The Morgan fingerprint density at radius 2 is 2.04 bits per heavy atom. The van der Waals surface area contributed by atoms with Gasteiger partial charge in [-0.15, -0.1) is 0 Å². The zero-order valence-electron chi connectivity index (χ0n) is 16.3. The zero-order chi connectivity index (χ0) is 18.2. The fourth-order valence-electron chi connectivity index (χ4n) is 3.64. The Kier molecular flexibility index (Phi) is 7.90. The van der Waals surface area contributed by atoms with Gasteiger partial charge in [0.2, 0.25) is 5.91 Å². The molecule has 1 aromatic heterocycles. The third-order valence-electron chi connectivity index (χ3n) is 5.33. The van der Waals surface area contributed by atoms with Crippen LogP contribution in [0.25, 0.3) is 0 Å². The number of ether oxygens (including phenoxy) is 1. The molecule has 25 heavy (non-hydrogen) atoms. The van der Waals surface area contributed by atoms with E-state index in [2.05, 4.69) is 40.8 Å². The first-order valence-corrected chi connectivity index (χ1v) is 9.56. The Morgan fingerprint density at radius 1 is 1.32 bits per heavy atom. The van der Waals surface area contributed by atoms with Crippen LogP contribution in [0.15, 0.2) is 0 Å². The number of hydrogen-bond donors (Lipinski definition) is 1. The lowest BCUT2D eigenvalue weighted by molar-refractivity contribution is -0.121. The number of carbonyl (C=O) groups is 1. The third kappa shape index (κ3) is 5.82. The minimum atomic E-state index is 0.151. The van der Waals surface area contributed by atoms with Crippen LogP contribution in [0.4, 0.5) is 0 Å². The Hall–Kier alpha value is -1.40. The van der Waals surface area contributed by atoms with E-state index in [9.17, 15) is 4.79 Å². The molecule has 6 nitrogen and oxygen atoms in total. The van der Waals surface area contributed by atoms with Crippen LogP contribution in [0.3, 0.4) is 0 Å². The number of likely N-dealkylation sites (tertiary alicyclic amines) is 1. The summed E-state index contributed by atoms with van der Waals surface area (Å²) in [6.07, 6.45) is 4.01. The van der Waals surface area contributed by atoms with E-state index in [1.807, 2.05) is 0 Å². The van der Waals surface area contributed by atoms with E-state index in [0.29, 0.717) is 25.5 Å². The van der Waals surface area contributed by atoms with Crippen molar-refractivity contribution in [2.75, 3.05) is 33.4 Å². The lowest BCUT2D eigenvalue weighted by atomic mass is 9.91. The summed E-state index contributed by atoms with van der Waals surface area (Å²) in [5, 5.41) is 7.53. The molecule has 0 spiro atoms. The van der Waals surface area contributed by atoms with Gasteiger partial charge in [-0.3, -0.25) is 14.4 Å². The maximum absolute atomic E-state index is 11.8. The maximum Gasteiger partial charge on any atom is 0.220 e. The van der Waals surface area contributed by atoms with Crippen molar-refractivity contribution in [2.45, 2.75) is 59.5 Å². The van der Waals surface area contributed by atoms with E-state index in [0.717, 1.165) is 38.3 Å². The predicted molar refractivity (Wildman–Crippen MR) is 99.5 cm³/mol. The monoisotopic (exact) mass is 350 g/mol. The molecule has 142 valence electrons. The Labute approximate surface area is 151 Å². The quantitative estimate of drug-likeness (QED) is 0.694. The number of aryl methyl sites for hydroxylation is 2. The second kappa shape index (κ2) is 9.92. The molecule has 1 aliphatic heterocycles. The smallest absolute Gasteiger partial charge is 0.220 e. The Morgan fingerprint density at radius 3 is 2.64 bits per heavy atom. The molecule has 1 saturated heterocycles. The van der Waals surface area contributed by atoms with Gasteiger partial charge in [-0.25, -0.2) is 0 Å². The van der Waals surface area contributed by atoms with Gasteiger partial charge in [0.1, 0.15) is 0 Å². The van der Waals surface area contributed by atoms with E-state index in [4.69, 9.17) is 4.74 Å². The number of carbonyl (C=O) groups excluding carboxylic acids is 1. The van der Waals surface area contributed by atoms with Gasteiger partial charge in [-0.05, 0) is 59.0 Å². The molecule has 1 fully saturated rings. The first-order valence-electron chi connectivity index (χ1n) is 9.56. The first kappa shape index (κ1) is 19.9. The molecular formula is C19H34N4O2. The van der Waals surface area contributed by atoms with Crippen LogP contribution >= 0.6 is 0 Å². The molecule has 1 aromatic rings. The van der Waals surface area contributed by atoms with Gasteiger partial charge in [-0.2, -0.15) is 5.10 Å². The van der Waals surface area contributed by atoms with Gasteiger partial charge >= 0.3 is 0 Å². The van der Waals surface area contributed by atoms with Crippen molar-refractivity contribution in [2.24, 2.45) is 5.92 Å². The normalized spacial score (nSPS) is 16.3. The number of piperidine rings is 1. The number of hydrogen-bond acceptors (Lipinski definition) is 4. The molecule has 2 heterocycles. The molecule has 0 bridgehead atoms. The van der Waals surface area contributed by atoms with Gasteiger partial charge in [0.15, 0.2) is 0 Å². The highest BCUT2D eigenvalue weighted by atomic mass is 16.5. The maximum atomic E-state index is 11.8. The van der Waals surface area contributed by atoms with Crippen molar-refractivity contribution in [1.82, 2.24) is 20.0 Å². The summed E-state index contributed by atoms with van der Waals surface area (Å²) >= 11 is 0. The number of aromatic nitrogens is 2. The summed E-state index contributed by atoms with van der Waals surface area (Å²) in [6, 6.07) is 0. The van der Waals surface area contributed by atoms with Crippen molar-refractivity contribution in [3.8, 4) is 0 Å². The minimum absolute atomic E-state index is 0.151. The van der Waals surface area contributed by atoms with Crippen molar-refractivity contribution >= 4 is 5.91 Å². The van der Waals surface area contributed by atoms with E-state index >= 15 is 0 Å². The lowest BCUT2D eigenvalue weighted by Crippen LogP contribution is -2.34. The van der Waals surface area contributed by atoms with Crippen LogP contribution in [0.1, 0.15) is 49.6 Å². The van der Waals surface area contributed by atoms with Gasteiger partial charge in [0.25, 0.3) is 0 Å². The molecule has 0 aliphatic carbocycles. The summed E-state index contributed by atoms with van der Waals surface area (Å²) in [5.41, 5.74) is 3.85. The van der Waals surface area contributed by atoms with Crippen LogP contribution in [0.5, 0.6) is 0 Å². The summed E-state index contributed by atoms with van der Waals surface area (Å²) in [4.78, 5) is 14.3. The van der Waals surface area contributed by atoms with Gasteiger partial charge < -0.3 is 10.1 Å². The fourth-order valence-corrected chi connectivity index (χ4v) is 3.64. The zero-order valence-corrected chi connectivity index (χ0v) is 16.3. The van der Waals surface area contributed by atoms with Gasteiger partial charge in [-0.1, -0.05) is 0 Å². The molecule has 0 atom stereocenters. The summed E-state index contributed by atoms with van der Waals surface area (Å²) in [5.74, 6) is 0.822. The van der Waals surface area contributed by atoms with Crippen LogP contribution in [0, 0.1) is 19.8 Å². The van der Waals surface area contributed by atoms with Crippen molar-refractivity contribution < 1.29 is 9.53 Å². The van der Waals surface area contributed by atoms with Crippen LogP contribution in [0.2, 0.25) is 0 Å². The summed E-state index contributed by atoms with van der Waals surface area (Å²) in [7, 11) is 1.65. The lowest BCUT2D eigenvalue weighted by Gasteiger charge is -2.32. The second-order valence-corrected chi connectivity index (χ2v) is 7.07. The largest absolute Gasteiger partial charge is 0.383 e. The molecular weight excluding hydrogens is 316 g/mol. The molecule has 1 aliphatic rings. The topological polar surface area (TPSA) is 59.4 Å². The van der Waals surface area contributed by atoms with Crippen molar-refractivity contribution in [3.05, 3.63) is 17.0 Å². The second-order valence-electron chi connectivity index (χ2n) is 7.07. The summed E-state index contributed by atoms with van der Waals surface area (Å²) < 4.78 is 7.04. The molecule has 0 radical (unpaired) electrons. The van der Waals surface area contributed by atoms with Crippen LogP contribution < -0.4 is 5.32 Å². The fraction of sp³-hybridized carbons (Fsp3) is 0.789. The standard InChI is InChI=1S/C19H34N4O2/c1-5-23-16(3)18(15(2)21-23)14-22-11-8-17(9-12-22)6-7-19(24)20-10-13-25-4/h17H,5-14H2,1-4H3,(H,20,24). The number of methoxy groups -OCH3 is 1. The number of amides is 1. The number of rotatable bonds is 9. The molecule has 1 amide bonds. The van der Waals surface area contributed by atoms with E-state index in [-0.39, 0.29) is 5.91 Å². The van der Waals surface area contributed by atoms with Crippen LogP contribution in [-0.4, -0.2) is 53.9 Å². The average molecular weight is 351 g/mol. The minimum Gasteiger partial charge on any atom is -0.383 e.